The number of methoxy groups -OCH3 is 1. The topological polar surface area (TPSA) is 45.0 Å². The zero-order valence-electron chi connectivity index (χ0n) is 11.0. The summed E-state index contributed by atoms with van der Waals surface area (Å²) in [5.41, 5.74) is 2.74. The lowest BCUT2D eigenvalue weighted by molar-refractivity contribution is 0.0185. The monoisotopic (exact) mass is 232 g/mol. The Morgan fingerprint density at radius 2 is 2.12 bits per heavy atom. The summed E-state index contributed by atoms with van der Waals surface area (Å²) in [6.07, 6.45) is 0.916. The first-order valence-corrected chi connectivity index (χ1v) is 5.78. The maximum atomic E-state index is 8.85. The molecule has 0 bridgehead atoms. The predicted molar refractivity (Wildman–Crippen MR) is 70.1 cm³/mol. The Balaban J connectivity index is 2.61. The highest BCUT2D eigenvalue weighted by atomic mass is 16.5. The zero-order valence-corrected chi connectivity index (χ0v) is 11.0. The van der Waals surface area contributed by atoms with E-state index in [1.807, 2.05) is 25.1 Å². The van der Waals surface area contributed by atoms with E-state index in [0.717, 1.165) is 24.2 Å². The largest absolute Gasteiger partial charge is 0.385 e. The Morgan fingerprint density at radius 1 is 1.41 bits per heavy atom. The molecule has 17 heavy (non-hydrogen) atoms. The molecular weight excluding hydrogens is 212 g/mol. The van der Waals surface area contributed by atoms with Crippen molar-refractivity contribution in [2.24, 2.45) is 0 Å². The van der Waals surface area contributed by atoms with Crippen molar-refractivity contribution < 1.29 is 4.74 Å². The molecule has 0 atom stereocenters. The average Bonchev–Trinajstić information content (AvgIpc) is 2.31. The van der Waals surface area contributed by atoms with Crippen LogP contribution in [0.15, 0.2) is 18.2 Å². The molecule has 92 valence electrons. The van der Waals surface area contributed by atoms with Crippen LogP contribution in [0.1, 0.15) is 31.4 Å². The minimum absolute atomic E-state index is 0.117. The molecule has 3 nitrogen and oxygen atoms in total. The number of hydrogen-bond donors (Lipinski definition) is 1. The summed E-state index contributed by atoms with van der Waals surface area (Å²) in [7, 11) is 1.72. The van der Waals surface area contributed by atoms with Gasteiger partial charge in [-0.25, -0.2) is 0 Å². The van der Waals surface area contributed by atoms with Gasteiger partial charge in [0.1, 0.15) is 0 Å². The molecule has 0 saturated carbocycles. The van der Waals surface area contributed by atoms with Gasteiger partial charge in [0.05, 0.1) is 17.2 Å². The predicted octanol–water partition coefficient (Wildman–Crippen LogP) is 3.09. The van der Waals surface area contributed by atoms with E-state index in [4.69, 9.17) is 10.00 Å². The van der Waals surface area contributed by atoms with Gasteiger partial charge in [0, 0.05) is 19.3 Å². The van der Waals surface area contributed by atoms with E-state index in [1.54, 1.807) is 7.11 Å². The number of benzene rings is 1. The Kier molecular flexibility index (Phi) is 4.53. The fraction of sp³-hybridized carbons (Fsp3) is 0.500. The van der Waals surface area contributed by atoms with E-state index >= 15 is 0 Å². The van der Waals surface area contributed by atoms with Gasteiger partial charge in [0.2, 0.25) is 0 Å². The lowest BCUT2D eigenvalue weighted by Gasteiger charge is -2.23. The van der Waals surface area contributed by atoms with Crippen LogP contribution in [0.4, 0.5) is 5.69 Å². The van der Waals surface area contributed by atoms with Crippen LogP contribution in [0.3, 0.4) is 0 Å². The number of anilines is 1. The molecule has 0 aromatic heterocycles. The van der Waals surface area contributed by atoms with Crippen molar-refractivity contribution >= 4 is 5.69 Å². The van der Waals surface area contributed by atoms with Gasteiger partial charge in [0.15, 0.2) is 0 Å². The quantitative estimate of drug-likeness (QED) is 0.848. The molecule has 0 heterocycles. The van der Waals surface area contributed by atoms with E-state index in [-0.39, 0.29) is 5.60 Å². The van der Waals surface area contributed by atoms with Crippen LogP contribution in [0.25, 0.3) is 0 Å². The molecule has 0 amide bonds. The van der Waals surface area contributed by atoms with Gasteiger partial charge in [-0.1, -0.05) is 6.07 Å². The zero-order chi connectivity index (χ0) is 12.9. The van der Waals surface area contributed by atoms with Crippen LogP contribution >= 0.6 is 0 Å². The summed E-state index contributed by atoms with van der Waals surface area (Å²) < 4.78 is 5.36. The van der Waals surface area contributed by atoms with Gasteiger partial charge in [-0.3, -0.25) is 0 Å². The minimum Gasteiger partial charge on any atom is -0.385 e. The highest BCUT2D eigenvalue weighted by molar-refractivity contribution is 5.55. The maximum Gasteiger partial charge on any atom is 0.0992 e. The number of ether oxygens (including phenoxy) is 1. The fourth-order valence-corrected chi connectivity index (χ4v) is 1.48. The molecule has 0 saturated heterocycles. The van der Waals surface area contributed by atoms with E-state index in [2.05, 4.69) is 25.2 Å². The summed E-state index contributed by atoms with van der Waals surface area (Å²) in [6, 6.07) is 7.83. The molecule has 1 rings (SSSR count). The lowest BCUT2D eigenvalue weighted by atomic mass is 10.0. The van der Waals surface area contributed by atoms with Gasteiger partial charge in [-0.15, -0.1) is 0 Å². The normalized spacial score (nSPS) is 11.0. The van der Waals surface area contributed by atoms with Crippen molar-refractivity contribution in [1.29, 1.82) is 5.26 Å². The van der Waals surface area contributed by atoms with Gasteiger partial charge in [-0.2, -0.15) is 5.26 Å². The van der Waals surface area contributed by atoms with Gasteiger partial charge >= 0.3 is 0 Å². The summed E-state index contributed by atoms with van der Waals surface area (Å²) in [5.74, 6) is 0. The SMILES string of the molecule is COC(C)(C)CCNc1cc(C#N)ccc1C. The fourth-order valence-electron chi connectivity index (χ4n) is 1.48. The Bertz CT molecular complexity index is 419. The molecule has 0 unspecified atom stereocenters. The molecule has 0 aliphatic carbocycles. The first-order chi connectivity index (χ1) is 7.98. The molecule has 0 radical (unpaired) electrons. The second-order valence-electron chi connectivity index (χ2n) is 4.78. The number of hydrogen-bond acceptors (Lipinski definition) is 3. The number of rotatable bonds is 5. The summed E-state index contributed by atoms with van der Waals surface area (Å²) >= 11 is 0. The first-order valence-electron chi connectivity index (χ1n) is 5.78. The van der Waals surface area contributed by atoms with E-state index < -0.39 is 0 Å². The van der Waals surface area contributed by atoms with Gasteiger partial charge in [0.25, 0.3) is 0 Å². The average molecular weight is 232 g/mol. The standard InChI is InChI=1S/C14H20N2O/c1-11-5-6-12(10-15)9-13(11)16-8-7-14(2,3)17-4/h5-6,9,16H,7-8H2,1-4H3. The molecule has 1 aromatic rings. The van der Waals surface area contributed by atoms with Crippen molar-refractivity contribution in [3.05, 3.63) is 29.3 Å². The van der Waals surface area contributed by atoms with E-state index in [1.165, 1.54) is 0 Å². The third kappa shape index (κ3) is 4.08. The van der Waals surface area contributed by atoms with Gasteiger partial charge < -0.3 is 10.1 Å². The second kappa shape index (κ2) is 5.70. The highest BCUT2D eigenvalue weighted by Gasteiger charge is 2.15. The number of aryl methyl sites for hydroxylation is 1. The summed E-state index contributed by atoms with van der Waals surface area (Å²) in [5, 5.41) is 12.2. The molecule has 3 heteroatoms. The Labute approximate surface area is 103 Å². The van der Waals surface area contributed by atoms with Crippen molar-refractivity contribution in [2.45, 2.75) is 32.8 Å². The smallest absolute Gasteiger partial charge is 0.0992 e. The Hall–Kier alpha value is -1.53. The van der Waals surface area contributed by atoms with Crippen LogP contribution in [-0.2, 0) is 4.74 Å². The maximum absolute atomic E-state index is 8.85. The van der Waals surface area contributed by atoms with Crippen LogP contribution in [0.5, 0.6) is 0 Å². The number of nitrogens with one attached hydrogen (secondary N) is 1. The van der Waals surface area contributed by atoms with Crippen LogP contribution < -0.4 is 5.32 Å². The molecule has 0 spiro atoms. The number of nitrogens with zero attached hydrogens (tertiary/aromatic N) is 1. The highest BCUT2D eigenvalue weighted by Crippen LogP contribution is 2.18. The van der Waals surface area contributed by atoms with Crippen LogP contribution in [0.2, 0.25) is 0 Å². The molecule has 1 N–H and O–H groups in total. The third-order valence-corrected chi connectivity index (χ3v) is 2.96. The summed E-state index contributed by atoms with van der Waals surface area (Å²) in [6.45, 7) is 6.99. The van der Waals surface area contributed by atoms with E-state index in [0.29, 0.717) is 5.56 Å². The molecule has 1 aromatic carbocycles. The number of nitriles is 1. The first kappa shape index (κ1) is 13.5. The van der Waals surface area contributed by atoms with Crippen molar-refractivity contribution in [3.63, 3.8) is 0 Å². The van der Waals surface area contributed by atoms with E-state index in [9.17, 15) is 0 Å². The van der Waals surface area contributed by atoms with Crippen LogP contribution in [-0.4, -0.2) is 19.3 Å². The molecular formula is C14H20N2O. The second-order valence-corrected chi connectivity index (χ2v) is 4.78. The molecule has 0 aliphatic rings. The minimum atomic E-state index is -0.117. The van der Waals surface area contributed by atoms with Crippen molar-refractivity contribution in [1.82, 2.24) is 0 Å². The lowest BCUT2D eigenvalue weighted by Crippen LogP contribution is -2.25. The summed E-state index contributed by atoms with van der Waals surface area (Å²) in [4.78, 5) is 0. The Morgan fingerprint density at radius 3 is 2.71 bits per heavy atom. The third-order valence-electron chi connectivity index (χ3n) is 2.96. The molecule has 0 fully saturated rings. The van der Waals surface area contributed by atoms with Gasteiger partial charge in [-0.05, 0) is 44.9 Å². The molecule has 0 aliphatic heterocycles. The van der Waals surface area contributed by atoms with Crippen molar-refractivity contribution in [2.75, 3.05) is 19.0 Å². The van der Waals surface area contributed by atoms with Crippen molar-refractivity contribution in [3.8, 4) is 6.07 Å². The van der Waals surface area contributed by atoms with Crippen LogP contribution in [0, 0.1) is 18.3 Å².